The summed E-state index contributed by atoms with van der Waals surface area (Å²) in [5, 5.41) is 12.8. The summed E-state index contributed by atoms with van der Waals surface area (Å²) in [5.41, 5.74) is 2.92. The second kappa shape index (κ2) is 9.68. The molecule has 168 valence electrons. The van der Waals surface area contributed by atoms with Gasteiger partial charge in [-0.25, -0.2) is 4.98 Å². The molecule has 0 unspecified atom stereocenters. The molecule has 0 atom stereocenters. The molecule has 0 N–H and O–H groups in total. The van der Waals surface area contributed by atoms with Gasteiger partial charge in [-0.15, -0.1) is 28.1 Å². The predicted octanol–water partition coefficient (Wildman–Crippen LogP) is 5.67. The lowest BCUT2D eigenvalue weighted by molar-refractivity contribution is 0.174. The minimum Gasteiger partial charge on any atom is -0.493 e. The first kappa shape index (κ1) is 21.5. The molecule has 4 aromatic rings. The molecule has 2 aromatic heterocycles. The molecule has 33 heavy (non-hydrogen) atoms. The van der Waals surface area contributed by atoms with Crippen molar-refractivity contribution in [3.8, 4) is 39.2 Å². The highest BCUT2D eigenvalue weighted by molar-refractivity contribution is 7.98. The van der Waals surface area contributed by atoms with Crippen LogP contribution in [-0.4, -0.2) is 33.1 Å². The zero-order valence-corrected chi connectivity index (χ0v) is 19.7. The van der Waals surface area contributed by atoms with E-state index in [4.69, 9.17) is 19.2 Å². The molecule has 9 heteroatoms. The number of allylic oxidation sites excluding steroid dienone is 1. The van der Waals surface area contributed by atoms with Crippen LogP contribution in [0, 0.1) is 0 Å². The first-order valence-corrected chi connectivity index (χ1v) is 12.4. The fourth-order valence-corrected chi connectivity index (χ4v) is 5.26. The van der Waals surface area contributed by atoms with Crippen LogP contribution in [0.15, 0.2) is 65.7 Å². The maximum Gasteiger partial charge on any atom is 0.231 e. The van der Waals surface area contributed by atoms with Crippen molar-refractivity contribution < 1.29 is 14.2 Å². The molecule has 1 aliphatic rings. The van der Waals surface area contributed by atoms with E-state index in [2.05, 4.69) is 26.7 Å². The number of thiazole rings is 1. The van der Waals surface area contributed by atoms with Crippen LogP contribution in [0.2, 0.25) is 0 Å². The van der Waals surface area contributed by atoms with Crippen LogP contribution in [0.3, 0.4) is 0 Å². The molecule has 0 fully saturated rings. The molecule has 2 aromatic carbocycles. The van der Waals surface area contributed by atoms with E-state index in [0.29, 0.717) is 18.9 Å². The van der Waals surface area contributed by atoms with Crippen molar-refractivity contribution >= 4 is 23.1 Å². The zero-order chi connectivity index (χ0) is 22.6. The fraction of sp³-hybridized carbons (Fsp3) is 0.208. The monoisotopic (exact) mass is 478 g/mol. The van der Waals surface area contributed by atoms with Gasteiger partial charge in [-0.2, -0.15) is 0 Å². The second-order valence-electron chi connectivity index (χ2n) is 7.14. The molecule has 0 saturated heterocycles. The Bertz CT molecular complexity index is 1280. The lowest BCUT2D eigenvalue weighted by Crippen LogP contribution is -2.02. The van der Waals surface area contributed by atoms with Crippen molar-refractivity contribution in [2.24, 2.45) is 0 Å². The molecule has 5 rings (SSSR count). The van der Waals surface area contributed by atoms with Crippen LogP contribution in [0.25, 0.3) is 22.0 Å². The van der Waals surface area contributed by atoms with Crippen LogP contribution < -0.4 is 14.2 Å². The van der Waals surface area contributed by atoms with Gasteiger partial charge < -0.3 is 14.2 Å². The largest absolute Gasteiger partial charge is 0.493 e. The SMILES string of the molecule is C=CCn1c(SCc2csc(-c3ccc4c(c3)OCO4)n2)nnc1-c1ccccc1OCC. The molecule has 0 saturated carbocycles. The van der Waals surface area contributed by atoms with E-state index in [1.54, 1.807) is 23.1 Å². The highest BCUT2D eigenvalue weighted by Crippen LogP contribution is 2.37. The van der Waals surface area contributed by atoms with Crippen LogP contribution in [0.5, 0.6) is 17.2 Å². The van der Waals surface area contributed by atoms with Crippen molar-refractivity contribution in [1.29, 1.82) is 0 Å². The number of benzene rings is 2. The third-order valence-electron chi connectivity index (χ3n) is 4.98. The Morgan fingerprint density at radius 3 is 2.94 bits per heavy atom. The minimum absolute atomic E-state index is 0.265. The molecule has 0 bridgehead atoms. The Kier molecular flexibility index (Phi) is 6.32. The third kappa shape index (κ3) is 4.46. The summed E-state index contributed by atoms with van der Waals surface area (Å²) in [5.74, 6) is 3.77. The number of aromatic nitrogens is 4. The fourth-order valence-electron chi connectivity index (χ4n) is 3.50. The van der Waals surface area contributed by atoms with E-state index < -0.39 is 0 Å². The van der Waals surface area contributed by atoms with Crippen molar-refractivity contribution in [3.63, 3.8) is 0 Å². The summed E-state index contributed by atoms with van der Waals surface area (Å²) in [6.07, 6.45) is 1.85. The van der Waals surface area contributed by atoms with Gasteiger partial charge in [-0.3, -0.25) is 4.57 Å². The van der Waals surface area contributed by atoms with Gasteiger partial charge in [0.05, 0.1) is 17.9 Å². The highest BCUT2D eigenvalue weighted by Gasteiger charge is 2.18. The average Bonchev–Trinajstić information content (AvgIpc) is 3.58. The van der Waals surface area contributed by atoms with Gasteiger partial charge in [0.15, 0.2) is 22.5 Å². The molecular formula is C24H22N4O3S2. The van der Waals surface area contributed by atoms with Gasteiger partial charge in [-0.1, -0.05) is 30.0 Å². The summed E-state index contributed by atoms with van der Waals surface area (Å²) in [7, 11) is 0. The molecule has 7 nitrogen and oxygen atoms in total. The van der Waals surface area contributed by atoms with Crippen molar-refractivity contribution in [2.75, 3.05) is 13.4 Å². The van der Waals surface area contributed by atoms with Crippen LogP contribution in [0.4, 0.5) is 0 Å². The zero-order valence-electron chi connectivity index (χ0n) is 18.1. The number of thioether (sulfide) groups is 1. The van der Waals surface area contributed by atoms with Crippen LogP contribution >= 0.6 is 23.1 Å². The molecule has 0 aliphatic carbocycles. The number of para-hydroxylation sites is 1. The van der Waals surface area contributed by atoms with Crippen molar-refractivity contribution in [2.45, 2.75) is 24.4 Å². The molecule has 1 aliphatic heterocycles. The van der Waals surface area contributed by atoms with Gasteiger partial charge in [0.1, 0.15) is 10.8 Å². The molecular weight excluding hydrogens is 456 g/mol. The van der Waals surface area contributed by atoms with E-state index in [-0.39, 0.29) is 6.79 Å². The minimum atomic E-state index is 0.265. The number of nitrogens with zero attached hydrogens (tertiary/aromatic N) is 4. The molecule has 0 spiro atoms. The summed E-state index contributed by atoms with van der Waals surface area (Å²) in [6.45, 7) is 7.33. The van der Waals surface area contributed by atoms with Crippen molar-refractivity contribution in [3.05, 3.63) is 66.2 Å². The Hall–Kier alpha value is -3.30. The van der Waals surface area contributed by atoms with Gasteiger partial charge in [0.25, 0.3) is 0 Å². The first-order valence-electron chi connectivity index (χ1n) is 10.5. The quantitative estimate of drug-likeness (QED) is 0.227. The topological polar surface area (TPSA) is 71.3 Å². The van der Waals surface area contributed by atoms with Gasteiger partial charge in [0.2, 0.25) is 6.79 Å². The third-order valence-corrected chi connectivity index (χ3v) is 6.92. The van der Waals surface area contributed by atoms with Crippen LogP contribution in [-0.2, 0) is 12.3 Å². The number of fused-ring (bicyclic) bond motifs is 1. The first-order chi connectivity index (χ1) is 16.3. The van der Waals surface area contributed by atoms with E-state index in [1.807, 2.05) is 55.5 Å². The normalized spacial score (nSPS) is 12.2. The summed E-state index contributed by atoms with van der Waals surface area (Å²) in [6, 6.07) is 13.8. The van der Waals surface area contributed by atoms with Crippen LogP contribution in [0.1, 0.15) is 12.6 Å². The number of hydrogen-bond acceptors (Lipinski definition) is 8. The van der Waals surface area contributed by atoms with E-state index in [0.717, 1.165) is 50.1 Å². The summed E-state index contributed by atoms with van der Waals surface area (Å²) >= 11 is 3.21. The summed E-state index contributed by atoms with van der Waals surface area (Å²) < 4.78 is 18.7. The highest BCUT2D eigenvalue weighted by atomic mass is 32.2. The van der Waals surface area contributed by atoms with Gasteiger partial charge >= 0.3 is 0 Å². The summed E-state index contributed by atoms with van der Waals surface area (Å²) in [4.78, 5) is 4.80. The maximum absolute atomic E-state index is 5.80. The molecule has 0 amide bonds. The van der Waals surface area contributed by atoms with E-state index in [1.165, 1.54) is 0 Å². The van der Waals surface area contributed by atoms with Gasteiger partial charge in [0, 0.05) is 23.2 Å². The smallest absolute Gasteiger partial charge is 0.231 e. The Morgan fingerprint density at radius 2 is 2.06 bits per heavy atom. The maximum atomic E-state index is 5.80. The second-order valence-corrected chi connectivity index (χ2v) is 8.94. The Morgan fingerprint density at radius 1 is 1.18 bits per heavy atom. The molecule has 0 radical (unpaired) electrons. The van der Waals surface area contributed by atoms with Gasteiger partial charge in [-0.05, 0) is 37.3 Å². The number of ether oxygens (including phenoxy) is 3. The standard InChI is InChI=1S/C24H22N4O3S2/c1-3-11-28-22(18-7-5-6-8-19(18)29-4-2)26-27-24(28)33-14-17-13-32-23(25-17)16-9-10-20-21(12-16)31-15-30-20/h3,5-10,12-13H,1,4,11,14-15H2,2H3. The number of rotatable bonds is 9. The molecule has 3 heterocycles. The number of hydrogen-bond donors (Lipinski definition) is 0. The Balaban J connectivity index is 1.35. The Labute approximate surface area is 200 Å². The van der Waals surface area contributed by atoms with E-state index >= 15 is 0 Å². The van der Waals surface area contributed by atoms with E-state index in [9.17, 15) is 0 Å². The van der Waals surface area contributed by atoms with Crippen molar-refractivity contribution in [1.82, 2.24) is 19.7 Å². The predicted molar refractivity (Wildman–Crippen MR) is 130 cm³/mol. The lowest BCUT2D eigenvalue weighted by Gasteiger charge is -2.11. The average molecular weight is 479 g/mol. The lowest BCUT2D eigenvalue weighted by atomic mass is 10.2.